The average molecular weight is 642 g/mol. The van der Waals surface area contributed by atoms with Crippen LogP contribution in [-0.4, -0.2) is 40.2 Å². The lowest BCUT2D eigenvalue weighted by atomic mass is 9.95. The van der Waals surface area contributed by atoms with Crippen LogP contribution in [0.1, 0.15) is 55.8 Å². The maximum atomic E-state index is 13.7. The number of amides is 1. The van der Waals surface area contributed by atoms with Crippen molar-refractivity contribution in [1.29, 1.82) is 0 Å². The molecule has 0 bridgehead atoms. The number of thioether (sulfide) groups is 1. The monoisotopic (exact) mass is 641 g/mol. The first-order valence-electron chi connectivity index (χ1n) is 14.9. The van der Waals surface area contributed by atoms with Crippen molar-refractivity contribution in [2.24, 2.45) is 0 Å². The fourth-order valence-electron chi connectivity index (χ4n) is 4.89. The van der Waals surface area contributed by atoms with Gasteiger partial charge in [0.15, 0.2) is 27.4 Å². The highest BCUT2D eigenvalue weighted by molar-refractivity contribution is 8.00. The Labute approximate surface area is 271 Å². The zero-order valence-electron chi connectivity index (χ0n) is 25.2. The predicted molar refractivity (Wildman–Crippen MR) is 179 cm³/mol. The Morgan fingerprint density at radius 1 is 0.978 bits per heavy atom. The second kappa shape index (κ2) is 15.5. The van der Waals surface area contributed by atoms with Crippen LogP contribution in [-0.2, 0) is 15.3 Å². The Hall–Kier alpha value is -4.41. The molecule has 0 spiro atoms. The Balaban J connectivity index is 1.49. The first-order valence-corrected chi connectivity index (χ1v) is 16.7. The third-order valence-corrected chi connectivity index (χ3v) is 9.22. The minimum absolute atomic E-state index is 0.0417. The van der Waals surface area contributed by atoms with Crippen LogP contribution in [0.5, 0.6) is 11.5 Å². The highest BCUT2D eigenvalue weighted by atomic mass is 32.2. The van der Waals surface area contributed by atoms with Crippen LogP contribution in [0.2, 0.25) is 0 Å². The van der Waals surface area contributed by atoms with E-state index in [0.29, 0.717) is 40.4 Å². The van der Waals surface area contributed by atoms with Crippen molar-refractivity contribution >= 4 is 46.0 Å². The highest BCUT2D eigenvalue weighted by Crippen LogP contribution is 2.45. The molecular weight excluding hydrogens is 607 g/mol. The zero-order chi connectivity index (χ0) is 31.6. The molecule has 1 N–H and O–H groups in total. The number of ketones is 1. The number of ether oxygens (including phenoxy) is 2. The highest BCUT2D eigenvalue weighted by Gasteiger charge is 2.45. The number of nitrogens with zero attached hydrogens (tertiary/aromatic N) is 3. The summed E-state index contributed by atoms with van der Waals surface area (Å²) in [6, 6.07) is 23.7. The Bertz CT molecular complexity index is 1670. The number of anilines is 1. The molecule has 3 aromatic carbocycles. The normalized spacial score (nSPS) is 14.8. The molecule has 0 aliphatic carbocycles. The summed E-state index contributed by atoms with van der Waals surface area (Å²) in [5.74, 6) is -0.0686. The summed E-state index contributed by atoms with van der Waals surface area (Å²) in [5, 5.41) is 20.1. The van der Waals surface area contributed by atoms with E-state index in [0.717, 1.165) is 30.4 Å². The molecule has 45 heavy (non-hydrogen) atoms. The fraction of sp³-hybridized carbons (Fsp3) is 0.257. The van der Waals surface area contributed by atoms with E-state index < -0.39 is 23.5 Å². The number of benzene rings is 3. The van der Waals surface area contributed by atoms with Gasteiger partial charge in [-0.15, -0.1) is 10.2 Å². The van der Waals surface area contributed by atoms with Gasteiger partial charge in [-0.2, -0.15) is 0 Å². The smallest absolute Gasteiger partial charge is 0.296 e. The Morgan fingerprint density at radius 2 is 1.73 bits per heavy atom. The summed E-state index contributed by atoms with van der Waals surface area (Å²) in [6.07, 6.45) is 6.09. The molecule has 1 amide bonds. The SMILES string of the molecule is CCCCCOc1ccc(C2C(C(=O)/C=C/c3ccccc3)=C(O)C(=O)N2c2nnc(SCc3ccccc3)s2)cc1OCC. The summed E-state index contributed by atoms with van der Waals surface area (Å²) in [4.78, 5) is 28.7. The van der Waals surface area contributed by atoms with E-state index in [1.54, 1.807) is 24.3 Å². The van der Waals surface area contributed by atoms with Gasteiger partial charge in [-0.05, 0) is 48.2 Å². The summed E-state index contributed by atoms with van der Waals surface area (Å²) >= 11 is 2.74. The van der Waals surface area contributed by atoms with Gasteiger partial charge in [0.05, 0.1) is 24.8 Å². The second-order valence-electron chi connectivity index (χ2n) is 10.3. The standard InChI is InChI=1S/C35H35N3O5S2/c1-3-5-12-21-43-28-20-18-26(22-29(28)42-4-2)31-30(27(39)19-17-24-13-8-6-9-14-24)32(40)33(41)38(31)34-36-37-35(45-34)44-23-25-15-10-7-11-16-25/h6-11,13-20,22,31,40H,3-5,12,21,23H2,1-2H3/b19-17+. The van der Waals surface area contributed by atoms with Gasteiger partial charge in [-0.3, -0.25) is 14.5 Å². The van der Waals surface area contributed by atoms with Crippen molar-refractivity contribution < 1.29 is 24.2 Å². The van der Waals surface area contributed by atoms with Crippen LogP contribution >= 0.6 is 23.1 Å². The predicted octanol–water partition coefficient (Wildman–Crippen LogP) is 7.98. The number of carbonyl (C=O) groups is 2. The molecule has 1 atom stereocenters. The largest absolute Gasteiger partial charge is 0.503 e. The number of unbranched alkanes of at least 4 members (excludes halogenated alkanes) is 2. The summed E-state index contributed by atoms with van der Waals surface area (Å²) < 4.78 is 12.6. The van der Waals surface area contributed by atoms with Gasteiger partial charge in [0, 0.05) is 5.75 Å². The molecule has 232 valence electrons. The van der Waals surface area contributed by atoms with Crippen LogP contribution in [0.4, 0.5) is 5.13 Å². The van der Waals surface area contributed by atoms with Gasteiger partial charge in [-0.1, -0.05) is 116 Å². The van der Waals surface area contributed by atoms with E-state index in [1.807, 2.05) is 67.6 Å². The number of carbonyl (C=O) groups excluding carboxylic acids is 2. The summed E-state index contributed by atoms with van der Waals surface area (Å²) in [5.41, 5.74) is 2.48. The molecule has 1 unspecified atom stereocenters. The average Bonchev–Trinajstić information content (AvgIpc) is 3.64. The van der Waals surface area contributed by atoms with Gasteiger partial charge < -0.3 is 14.6 Å². The molecule has 0 saturated carbocycles. The summed E-state index contributed by atoms with van der Waals surface area (Å²) in [6.45, 7) is 4.95. The molecule has 1 aromatic heterocycles. The van der Waals surface area contributed by atoms with E-state index in [1.165, 1.54) is 34.1 Å². The third-order valence-electron chi connectivity index (χ3n) is 7.10. The minimum atomic E-state index is -0.960. The number of aromatic nitrogens is 2. The van der Waals surface area contributed by atoms with Crippen molar-refractivity contribution in [2.75, 3.05) is 18.1 Å². The van der Waals surface area contributed by atoms with E-state index in [2.05, 4.69) is 17.1 Å². The van der Waals surface area contributed by atoms with Crippen molar-refractivity contribution in [2.45, 2.75) is 49.2 Å². The number of rotatable bonds is 15. The van der Waals surface area contributed by atoms with Crippen LogP contribution < -0.4 is 14.4 Å². The van der Waals surface area contributed by atoms with Crippen molar-refractivity contribution in [3.63, 3.8) is 0 Å². The van der Waals surface area contributed by atoms with Gasteiger partial charge in [0.1, 0.15) is 0 Å². The number of allylic oxidation sites excluding steroid dienone is 1. The fourth-order valence-corrected chi connectivity index (χ4v) is 6.71. The second-order valence-corrected chi connectivity index (χ2v) is 12.4. The molecule has 5 rings (SSSR count). The maximum Gasteiger partial charge on any atom is 0.296 e. The van der Waals surface area contributed by atoms with Crippen LogP contribution in [0.25, 0.3) is 6.08 Å². The van der Waals surface area contributed by atoms with E-state index >= 15 is 0 Å². The van der Waals surface area contributed by atoms with Crippen LogP contribution in [0.3, 0.4) is 0 Å². The lowest BCUT2D eigenvalue weighted by Gasteiger charge is -2.24. The van der Waals surface area contributed by atoms with E-state index in [-0.39, 0.29) is 10.7 Å². The quantitative estimate of drug-likeness (QED) is 0.0604. The molecule has 1 aliphatic heterocycles. The first-order chi connectivity index (χ1) is 22.0. The first kappa shape index (κ1) is 32.0. The summed E-state index contributed by atoms with van der Waals surface area (Å²) in [7, 11) is 0. The molecule has 4 aromatic rings. The van der Waals surface area contributed by atoms with E-state index in [9.17, 15) is 14.7 Å². The molecule has 0 fully saturated rings. The Kier molecular flexibility index (Phi) is 11.1. The minimum Gasteiger partial charge on any atom is -0.503 e. The number of hydrogen-bond donors (Lipinski definition) is 1. The van der Waals surface area contributed by atoms with Gasteiger partial charge in [0.25, 0.3) is 5.91 Å². The van der Waals surface area contributed by atoms with Crippen molar-refractivity contribution in [3.05, 3.63) is 113 Å². The number of hydrogen-bond acceptors (Lipinski definition) is 9. The Morgan fingerprint density at radius 3 is 2.47 bits per heavy atom. The van der Waals surface area contributed by atoms with Gasteiger partial charge >= 0.3 is 0 Å². The maximum absolute atomic E-state index is 13.7. The zero-order valence-corrected chi connectivity index (χ0v) is 26.9. The third kappa shape index (κ3) is 7.82. The van der Waals surface area contributed by atoms with Gasteiger partial charge in [-0.25, -0.2) is 0 Å². The molecule has 8 nitrogen and oxygen atoms in total. The molecule has 1 aliphatic rings. The van der Waals surface area contributed by atoms with Gasteiger partial charge in [0.2, 0.25) is 5.13 Å². The van der Waals surface area contributed by atoms with Crippen molar-refractivity contribution in [1.82, 2.24) is 10.2 Å². The lowest BCUT2D eigenvalue weighted by molar-refractivity contribution is -0.117. The molecular formula is C35H35N3O5S2. The van der Waals surface area contributed by atoms with E-state index in [4.69, 9.17) is 9.47 Å². The van der Waals surface area contributed by atoms with Crippen molar-refractivity contribution in [3.8, 4) is 11.5 Å². The number of aliphatic hydroxyl groups is 1. The number of aliphatic hydroxyl groups excluding tert-OH is 1. The molecule has 10 heteroatoms. The topological polar surface area (TPSA) is 102 Å². The molecule has 2 heterocycles. The lowest BCUT2D eigenvalue weighted by Crippen LogP contribution is -2.31. The van der Waals surface area contributed by atoms with Crippen LogP contribution in [0.15, 0.2) is 101 Å². The molecule has 0 radical (unpaired) electrons. The molecule has 0 saturated heterocycles. The van der Waals surface area contributed by atoms with Crippen LogP contribution in [0, 0.1) is 0 Å².